The summed E-state index contributed by atoms with van der Waals surface area (Å²) in [6.45, 7) is 13.3. The molecular formula is C28H37N3O3. The maximum Gasteiger partial charge on any atom is 0.339 e. The minimum absolute atomic E-state index is 0.0774. The van der Waals surface area contributed by atoms with Crippen LogP contribution in [0.25, 0.3) is 10.9 Å². The van der Waals surface area contributed by atoms with Crippen LogP contribution in [0.5, 0.6) is 0 Å². The molecule has 5 rings (SSSR count). The molecule has 6 heteroatoms. The van der Waals surface area contributed by atoms with Gasteiger partial charge in [0.15, 0.2) is 6.61 Å². The van der Waals surface area contributed by atoms with Crippen molar-refractivity contribution in [1.82, 2.24) is 14.8 Å². The van der Waals surface area contributed by atoms with Crippen molar-refractivity contribution < 1.29 is 14.3 Å². The summed E-state index contributed by atoms with van der Waals surface area (Å²) in [5.41, 5.74) is 3.70. The lowest BCUT2D eigenvalue weighted by Gasteiger charge is -2.40. The van der Waals surface area contributed by atoms with Crippen molar-refractivity contribution in [2.45, 2.75) is 78.9 Å². The van der Waals surface area contributed by atoms with Crippen molar-refractivity contribution in [3.8, 4) is 0 Å². The predicted molar refractivity (Wildman–Crippen MR) is 133 cm³/mol. The smallest absolute Gasteiger partial charge is 0.339 e. The van der Waals surface area contributed by atoms with E-state index in [0.717, 1.165) is 60.9 Å². The molecule has 34 heavy (non-hydrogen) atoms. The van der Waals surface area contributed by atoms with Gasteiger partial charge in [0.05, 0.1) is 11.1 Å². The Morgan fingerprint density at radius 2 is 1.94 bits per heavy atom. The number of nitrogens with zero attached hydrogens (tertiary/aromatic N) is 3. The number of piperidine rings is 1. The van der Waals surface area contributed by atoms with Gasteiger partial charge in [-0.05, 0) is 50.0 Å². The zero-order valence-electron chi connectivity index (χ0n) is 21.2. The third-order valence-electron chi connectivity index (χ3n) is 8.46. The van der Waals surface area contributed by atoms with Crippen LogP contribution in [0.3, 0.4) is 0 Å². The van der Waals surface area contributed by atoms with Crippen LogP contribution in [0, 0.1) is 10.8 Å². The molecule has 1 aromatic carbocycles. The summed E-state index contributed by atoms with van der Waals surface area (Å²) in [6.07, 6.45) is 3.99. The molecule has 1 saturated heterocycles. The zero-order valence-corrected chi connectivity index (χ0v) is 21.2. The molecule has 3 heterocycles. The Kier molecular flexibility index (Phi) is 5.70. The number of likely N-dealkylation sites (tertiary alicyclic amines) is 1. The fraction of sp³-hybridized carbons (Fsp3) is 0.607. The summed E-state index contributed by atoms with van der Waals surface area (Å²) in [5.74, 6) is -0.493. The maximum absolute atomic E-state index is 13.5. The van der Waals surface area contributed by atoms with Crippen molar-refractivity contribution in [3.05, 3.63) is 41.1 Å². The van der Waals surface area contributed by atoms with Gasteiger partial charge in [-0.15, -0.1) is 0 Å². The van der Waals surface area contributed by atoms with Crippen LogP contribution in [0.2, 0.25) is 0 Å². The number of esters is 1. The Bertz CT molecular complexity index is 1140. The van der Waals surface area contributed by atoms with Crippen molar-refractivity contribution in [1.29, 1.82) is 0 Å². The molecule has 182 valence electrons. The lowest BCUT2D eigenvalue weighted by atomic mass is 9.81. The topological polar surface area (TPSA) is 62.7 Å². The first kappa shape index (κ1) is 23.3. The molecule has 2 aliphatic heterocycles. The molecule has 2 unspecified atom stereocenters. The van der Waals surface area contributed by atoms with Gasteiger partial charge in [-0.2, -0.15) is 0 Å². The molecule has 0 spiro atoms. The molecule has 3 aliphatic rings. The van der Waals surface area contributed by atoms with Crippen LogP contribution in [-0.4, -0.2) is 58.4 Å². The molecule has 1 aromatic heterocycles. The Labute approximate surface area is 202 Å². The van der Waals surface area contributed by atoms with Gasteiger partial charge in [-0.1, -0.05) is 39.0 Å². The standard InChI is InChI=1S/C28H37N3O3/c1-18(2)30-12-10-22-20(15-30)25(19-8-6-7-9-21(19)29-22)26(33)34-16-24(32)31-13-11-28(5)14-23(31)27(3,4)17-28/h6-9,18,23H,10-17H2,1-5H3. The molecular weight excluding hydrogens is 426 g/mol. The fourth-order valence-corrected chi connectivity index (χ4v) is 6.77. The van der Waals surface area contributed by atoms with Gasteiger partial charge >= 0.3 is 5.97 Å². The number of hydrogen-bond donors (Lipinski definition) is 0. The van der Waals surface area contributed by atoms with E-state index < -0.39 is 5.97 Å². The quantitative estimate of drug-likeness (QED) is 0.621. The third kappa shape index (κ3) is 4.00. The number of carbonyl (C=O) groups is 2. The average molecular weight is 464 g/mol. The number of carbonyl (C=O) groups excluding carboxylic acids is 2. The number of para-hydroxylation sites is 1. The second kappa shape index (κ2) is 8.33. The van der Waals surface area contributed by atoms with Gasteiger partial charge in [0.25, 0.3) is 5.91 Å². The first-order chi connectivity index (χ1) is 16.1. The number of amides is 1. The molecule has 6 nitrogen and oxygen atoms in total. The number of ether oxygens (including phenoxy) is 1. The average Bonchev–Trinajstić information content (AvgIpc) is 2.98. The zero-order chi connectivity index (χ0) is 24.3. The van der Waals surface area contributed by atoms with Crippen molar-refractivity contribution in [2.75, 3.05) is 19.7 Å². The van der Waals surface area contributed by atoms with Crippen LogP contribution >= 0.6 is 0 Å². The number of rotatable bonds is 4. The molecule has 2 atom stereocenters. The van der Waals surface area contributed by atoms with E-state index in [-0.39, 0.29) is 24.0 Å². The summed E-state index contributed by atoms with van der Waals surface area (Å²) in [7, 11) is 0. The lowest BCUT2D eigenvalue weighted by molar-refractivity contribution is -0.140. The highest BCUT2D eigenvalue weighted by atomic mass is 16.5. The summed E-state index contributed by atoms with van der Waals surface area (Å²) < 4.78 is 5.74. The summed E-state index contributed by atoms with van der Waals surface area (Å²) >= 11 is 0. The van der Waals surface area contributed by atoms with Crippen LogP contribution in [0.4, 0.5) is 0 Å². The van der Waals surface area contributed by atoms with E-state index in [1.54, 1.807) is 0 Å². The molecule has 2 aromatic rings. The van der Waals surface area contributed by atoms with E-state index in [1.807, 2.05) is 29.2 Å². The van der Waals surface area contributed by atoms with Crippen molar-refractivity contribution in [2.24, 2.45) is 10.8 Å². The Balaban J connectivity index is 1.39. The largest absolute Gasteiger partial charge is 0.452 e. The summed E-state index contributed by atoms with van der Waals surface area (Å²) in [5, 5.41) is 0.801. The molecule has 1 saturated carbocycles. The van der Waals surface area contributed by atoms with Crippen LogP contribution < -0.4 is 0 Å². The lowest BCUT2D eigenvalue weighted by Crippen LogP contribution is -2.49. The van der Waals surface area contributed by atoms with E-state index >= 15 is 0 Å². The van der Waals surface area contributed by atoms with Crippen LogP contribution in [-0.2, 0) is 22.5 Å². The maximum atomic E-state index is 13.5. The van der Waals surface area contributed by atoms with Gasteiger partial charge in [0.2, 0.25) is 0 Å². The van der Waals surface area contributed by atoms with Gasteiger partial charge < -0.3 is 9.64 Å². The van der Waals surface area contributed by atoms with Gasteiger partial charge in [0, 0.05) is 54.8 Å². The minimum Gasteiger partial charge on any atom is -0.452 e. The van der Waals surface area contributed by atoms with E-state index in [4.69, 9.17) is 9.72 Å². The van der Waals surface area contributed by atoms with Gasteiger partial charge in [0.1, 0.15) is 0 Å². The van der Waals surface area contributed by atoms with E-state index in [1.165, 1.54) is 0 Å². The van der Waals surface area contributed by atoms with Gasteiger partial charge in [-0.3, -0.25) is 14.7 Å². The van der Waals surface area contributed by atoms with E-state index in [0.29, 0.717) is 23.6 Å². The number of pyridine rings is 1. The number of benzene rings is 1. The Hall–Kier alpha value is -2.47. The normalized spacial score (nSPS) is 26.1. The van der Waals surface area contributed by atoms with Crippen molar-refractivity contribution in [3.63, 3.8) is 0 Å². The highest BCUT2D eigenvalue weighted by Gasteiger charge is 2.53. The van der Waals surface area contributed by atoms with Crippen LogP contribution in [0.1, 0.15) is 75.5 Å². The molecule has 1 amide bonds. The Morgan fingerprint density at radius 1 is 1.18 bits per heavy atom. The second-order valence-corrected chi connectivity index (χ2v) is 11.9. The second-order valence-electron chi connectivity index (χ2n) is 11.9. The van der Waals surface area contributed by atoms with Crippen molar-refractivity contribution >= 4 is 22.8 Å². The van der Waals surface area contributed by atoms with Crippen LogP contribution in [0.15, 0.2) is 24.3 Å². The molecule has 2 bridgehead atoms. The fourth-order valence-electron chi connectivity index (χ4n) is 6.77. The number of aromatic nitrogens is 1. The molecule has 0 N–H and O–H groups in total. The molecule has 0 radical (unpaired) electrons. The highest BCUT2D eigenvalue weighted by Crippen LogP contribution is 2.55. The highest BCUT2D eigenvalue weighted by molar-refractivity contribution is 6.05. The first-order valence-corrected chi connectivity index (χ1v) is 12.7. The minimum atomic E-state index is -0.415. The summed E-state index contributed by atoms with van der Waals surface area (Å²) in [6, 6.07) is 8.34. The first-order valence-electron chi connectivity index (χ1n) is 12.7. The predicted octanol–water partition coefficient (Wildman–Crippen LogP) is 4.59. The molecule has 2 fully saturated rings. The van der Waals surface area contributed by atoms with E-state index in [2.05, 4.69) is 39.5 Å². The third-order valence-corrected chi connectivity index (χ3v) is 8.46. The van der Waals surface area contributed by atoms with Gasteiger partial charge in [-0.25, -0.2) is 4.79 Å². The molecule has 1 aliphatic carbocycles. The summed E-state index contributed by atoms with van der Waals surface area (Å²) in [4.78, 5) is 35.9. The SMILES string of the molecule is CC(C)N1CCc2nc3ccccc3c(C(=O)OCC(=O)N3CCC4(C)CC3C(C)(C)C4)c2C1. The Morgan fingerprint density at radius 3 is 2.71 bits per heavy atom. The number of hydrogen-bond acceptors (Lipinski definition) is 5. The monoisotopic (exact) mass is 463 g/mol. The van der Waals surface area contributed by atoms with E-state index in [9.17, 15) is 9.59 Å². The number of fused-ring (bicyclic) bond motifs is 4.